The normalized spacial score (nSPS) is 12.8. The first kappa shape index (κ1) is 19.4. The first-order valence-corrected chi connectivity index (χ1v) is 8.62. The Morgan fingerprint density at radius 2 is 1.15 bits per heavy atom. The first-order chi connectivity index (χ1) is 9.68. The van der Waals surface area contributed by atoms with E-state index in [9.17, 15) is 5.21 Å². The van der Waals surface area contributed by atoms with Crippen LogP contribution in [0.1, 0.15) is 85.0 Å². The van der Waals surface area contributed by atoms with Crippen LogP contribution in [0.5, 0.6) is 0 Å². The zero-order valence-corrected chi connectivity index (χ0v) is 13.9. The Labute approximate surface area is 126 Å². The highest BCUT2D eigenvalue weighted by Gasteiger charge is 2.04. The van der Waals surface area contributed by atoms with Gasteiger partial charge < -0.3 is 9.85 Å². The highest BCUT2D eigenvalue weighted by Crippen LogP contribution is 2.11. The molecule has 118 valence electrons. The summed E-state index contributed by atoms with van der Waals surface area (Å²) in [7, 11) is 0. The molecule has 0 fully saturated rings. The van der Waals surface area contributed by atoms with Crippen molar-refractivity contribution in [2.24, 2.45) is 0 Å². The van der Waals surface area contributed by atoms with E-state index in [1.165, 1.54) is 51.4 Å². The predicted molar refractivity (Wildman–Crippen MR) is 90.0 cm³/mol. The molecule has 0 saturated carbocycles. The van der Waals surface area contributed by atoms with Gasteiger partial charge in [0.25, 0.3) is 0 Å². The van der Waals surface area contributed by atoms with E-state index in [4.69, 9.17) is 0 Å². The fourth-order valence-electron chi connectivity index (χ4n) is 2.14. The van der Waals surface area contributed by atoms with E-state index in [0.717, 1.165) is 12.8 Å². The molecule has 0 aromatic heterocycles. The summed E-state index contributed by atoms with van der Waals surface area (Å²) in [5, 5.41) is 12.4. The van der Waals surface area contributed by atoms with Gasteiger partial charge >= 0.3 is 0 Å². The number of rotatable bonds is 13. The zero-order chi connectivity index (χ0) is 15.1. The summed E-state index contributed by atoms with van der Waals surface area (Å²) < 4.78 is -0.304. The lowest BCUT2D eigenvalue weighted by Crippen LogP contribution is -2.28. The second-order valence-corrected chi connectivity index (χ2v) is 5.64. The lowest BCUT2D eigenvalue weighted by Gasteiger charge is -2.33. The molecule has 0 amide bonds. The molecule has 0 rings (SSSR count). The minimum absolute atomic E-state index is 0.304. The zero-order valence-electron chi connectivity index (χ0n) is 13.9. The van der Waals surface area contributed by atoms with Crippen molar-refractivity contribution in [3.05, 3.63) is 29.8 Å². The lowest BCUT2D eigenvalue weighted by atomic mass is 10.1. The minimum Gasteiger partial charge on any atom is -0.623 e. The maximum absolute atomic E-state index is 12.4. The molecule has 0 saturated heterocycles. The molecule has 0 atom stereocenters. The summed E-state index contributed by atoms with van der Waals surface area (Å²) in [5.74, 6) is 0. The molecular formula is C18H35NO. The van der Waals surface area contributed by atoms with Crippen LogP contribution in [0, 0.1) is 5.21 Å². The molecule has 0 N–H and O–H groups in total. The van der Waals surface area contributed by atoms with E-state index < -0.39 is 0 Å². The third kappa shape index (κ3) is 11.2. The van der Waals surface area contributed by atoms with Crippen LogP contribution < -0.4 is 0 Å². The van der Waals surface area contributed by atoms with Crippen LogP contribution in [0.15, 0.2) is 24.6 Å². The Hall–Kier alpha value is -0.600. The van der Waals surface area contributed by atoms with Gasteiger partial charge in [-0.3, -0.25) is 0 Å². The smallest absolute Gasteiger partial charge is 0.0964 e. The van der Waals surface area contributed by atoms with Crippen LogP contribution >= 0.6 is 0 Å². The van der Waals surface area contributed by atoms with Crippen molar-refractivity contribution < 1.29 is 4.65 Å². The van der Waals surface area contributed by atoms with Gasteiger partial charge in [-0.05, 0) is 44.8 Å². The van der Waals surface area contributed by atoms with Crippen molar-refractivity contribution in [2.45, 2.75) is 85.0 Å². The van der Waals surface area contributed by atoms with Crippen molar-refractivity contribution in [1.82, 2.24) is 0 Å². The average Bonchev–Trinajstić information content (AvgIpc) is 2.46. The standard InChI is InChI=1S/C18H35NO/c1-4-7-9-11-13-15-17-19(20,6-3)18-16-14-12-10-8-5-2/h15-18H,4-14H2,1-3H3/b17-15+,18-16+. The SMILES string of the molecule is CCCCCC/C=C/[N+]([O-])(/C=C/CCCCCC)CC. The number of nitrogens with zero attached hydrogens (tertiary/aromatic N) is 1. The largest absolute Gasteiger partial charge is 0.623 e. The summed E-state index contributed by atoms with van der Waals surface area (Å²) in [6.07, 6.45) is 19.9. The molecule has 0 aromatic carbocycles. The molecule has 0 aliphatic rings. The maximum Gasteiger partial charge on any atom is 0.0964 e. The van der Waals surface area contributed by atoms with Crippen LogP contribution in [0.3, 0.4) is 0 Å². The molecule has 20 heavy (non-hydrogen) atoms. The van der Waals surface area contributed by atoms with E-state index in [1.807, 2.05) is 19.3 Å². The van der Waals surface area contributed by atoms with Gasteiger partial charge in [-0.15, -0.1) is 0 Å². The highest BCUT2D eigenvalue weighted by atomic mass is 16.5. The van der Waals surface area contributed by atoms with Gasteiger partial charge in [-0.1, -0.05) is 52.4 Å². The van der Waals surface area contributed by atoms with Gasteiger partial charge in [-0.2, -0.15) is 0 Å². The lowest BCUT2D eigenvalue weighted by molar-refractivity contribution is -0.772. The molecule has 0 aromatic rings. The van der Waals surface area contributed by atoms with E-state index in [1.54, 1.807) is 0 Å². The monoisotopic (exact) mass is 281 g/mol. The number of hydroxylamine groups is 3. The minimum atomic E-state index is -0.304. The van der Waals surface area contributed by atoms with Gasteiger partial charge in [0.15, 0.2) is 0 Å². The van der Waals surface area contributed by atoms with E-state index in [-0.39, 0.29) is 4.65 Å². The number of hydrogen-bond acceptors (Lipinski definition) is 1. The van der Waals surface area contributed by atoms with Crippen molar-refractivity contribution in [1.29, 1.82) is 0 Å². The van der Waals surface area contributed by atoms with Gasteiger partial charge in [0.2, 0.25) is 0 Å². The molecule has 2 nitrogen and oxygen atoms in total. The van der Waals surface area contributed by atoms with Crippen molar-refractivity contribution >= 4 is 0 Å². The van der Waals surface area contributed by atoms with Gasteiger partial charge in [0.1, 0.15) is 0 Å². The predicted octanol–water partition coefficient (Wildman–Crippen LogP) is 6.29. The first-order valence-electron chi connectivity index (χ1n) is 8.62. The van der Waals surface area contributed by atoms with E-state index in [2.05, 4.69) is 26.0 Å². The summed E-state index contributed by atoms with van der Waals surface area (Å²) >= 11 is 0. The van der Waals surface area contributed by atoms with Crippen LogP contribution in [-0.4, -0.2) is 11.2 Å². The van der Waals surface area contributed by atoms with Crippen LogP contribution in [0.25, 0.3) is 0 Å². The third-order valence-corrected chi connectivity index (χ3v) is 3.66. The number of quaternary nitrogens is 1. The van der Waals surface area contributed by atoms with Crippen LogP contribution in [0.2, 0.25) is 0 Å². The molecular weight excluding hydrogens is 246 g/mol. The highest BCUT2D eigenvalue weighted by molar-refractivity contribution is 4.82. The molecule has 2 heteroatoms. The molecule has 0 unspecified atom stereocenters. The summed E-state index contributed by atoms with van der Waals surface area (Å²) in [4.78, 5) is 0. The third-order valence-electron chi connectivity index (χ3n) is 3.66. The number of unbranched alkanes of at least 4 members (excludes halogenated alkanes) is 8. The quantitative estimate of drug-likeness (QED) is 0.221. The Balaban J connectivity index is 3.92. The number of hydrogen-bond donors (Lipinski definition) is 0. The van der Waals surface area contributed by atoms with Crippen LogP contribution in [-0.2, 0) is 0 Å². The van der Waals surface area contributed by atoms with Gasteiger partial charge in [0.05, 0.1) is 18.9 Å². The molecule has 0 aliphatic heterocycles. The Bertz CT molecular complexity index is 236. The van der Waals surface area contributed by atoms with Gasteiger partial charge in [-0.25, -0.2) is 0 Å². The molecule has 0 radical (unpaired) electrons. The van der Waals surface area contributed by atoms with E-state index >= 15 is 0 Å². The van der Waals surface area contributed by atoms with Gasteiger partial charge in [0, 0.05) is 0 Å². The van der Waals surface area contributed by atoms with E-state index in [0.29, 0.717) is 6.54 Å². The average molecular weight is 281 g/mol. The fraction of sp³-hybridized carbons (Fsp3) is 0.778. The molecule has 0 spiro atoms. The van der Waals surface area contributed by atoms with Crippen molar-refractivity contribution in [2.75, 3.05) is 6.54 Å². The summed E-state index contributed by atoms with van der Waals surface area (Å²) in [5.41, 5.74) is 0. The maximum atomic E-state index is 12.4. The van der Waals surface area contributed by atoms with Crippen molar-refractivity contribution in [3.63, 3.8) is 0 Å². The molecule has 0 bridgehead atoms. The van der Waals surface area contributed by atoms with Crippen molar-refractivity contribution in [3.8, 4) is 0 Å². The molecule has 0 heterocycles. The summed E-state index contributed by atoms with van der Waals surface area (Å²) in [6.45, 7) is 6.97. The van der Waals surface area contributed by atoms with Crippen LogP contribution in [0.4, 0.5) is 0 Å². The topological polar surface area (TPSA) is 23.1 Å². The Morgan fingerprint density at radius 3 is 1.50 bits per heavy atom. The second-order valence-electron chi connectivity index (χ2n) is 5.64. The summed E-state index contributed by atoms with van der Waals surface area (Å²) in [6, 6.07) is 0. The number of allylic oxidation sites excluding steroid dienone is 2. The second kappa shape index (κ2) is 13.4. The fourth-order valence-corrected chi connectivity index (χ4v) is 2.14. The Kier molecular flexibility index (Phi) is 13.0. The molecule has 0 aliphatic carbocycles. The Morgan fingerprint density at radius 1 is 0.700 bits per heavy atom.